The Morgan fingerprint density at radius 3 is 2.56 bits per heavy atom. The van der Waals surface area contributed by atoms with Crippen LogP contribution < -0.4 is 16.0 Å². The van der Waals surface area contributed by atoms with E-state index < -0.39 is 0 Å². The molecule has 0 unspecified atom stereocenters. The van der Waals surface area contributed by atoms with Gasteiger partial charge in [0.2, 0.25) is 5.88 Å². The van der Waals surface area contributed by atoms with Gasteiger partial charge in [-0.05, 0) is 44.0 Å². The molecule has 0 atom stereocenters. The van der Waals surface area contributed by atoms with Crippen LogP contribution in [-0.4, -0.2) is 9.97 Å². The highest BCUT2D eigenvalue weighted by Gasteiger charge is 2.08. The fraction of sp³-hybridized carbons (Fsp3) is 0.231. The second-order valence-electron chi connectivity index (χ2n) is 4.14. The van der Waals surface area contributed by atoms with Crippen molar-refractivity contribution < 1.29 is 4.74 Å². The van der Waals surface area contributed by atoms with Crippen LogP contribution in [0.5, 0.6) is 11.6 Å². The molecule has 0 aliphatic heterocycles. The number of nitrogens with two attached hydrogens (primary N) is 1. The average Bonchev–Trinajstić information content (AvgIpc) is 2.36. The van der Waals surface area contributed by atoms with Crippen LogP contribution in [0.4, 0.5) is 5.82 Å². The number of nitrogens with one attached hydrogen (secondary N) is 1. The summed E-state index contributed by atoms with van der Waals surface area (Å²) in [6, 6.07) is 5.91. The Balaban J connectivity index is 2.31. The number of nitrogens with zero attached hydrogens (tertiary/aromatic N) is 2. The van der Waals surface area contributed by atoms with E-state index in [1.807, 2.05) is 32.0 Å². The molecule has 2 aromatic rings. The number of hydrazine groups is 1. The average molecular weight is 244 g/mol. The molecule has 0 spiro atoms. The van der Waals surface area contributed by atoms with E-state index >= 15 is 0 Å². The molecule has 0 aliphatic carbocycles. The Morgan fingerprint density at radius 2 is 1.89 bits per heavy atom. The summed E-state index contributed by atoms with van der Waals surface area (Å²) in [6.45, 7) is 5.96. The van der Waals surface area contributed by atoms with Gasteiger partial charge in [-0.15, -0.1) is 0 Å². The first kappa shape index (κ1) is 12.3. The molecule has 0 saturated carbocycles. The number of aromatic nitrogens is 2. The SMILES string of the molecule is Cc1ccc(Oc2ncnc(NN)c2C)cc1C. The van der Waals surface area contributed by atoms with Crippen LogP contribution >= 0.6 is 0 Å². The van der Waals surface area contributed by atoms with Gasteiger partial charge < -0.3 is 10.2 Å². The molecular formula is C13H16N4O. The molecule has 1 aromatic carbocycles. The normalized spacial score (nSPS) is 10.2. The highest BCUT2D eigenvalue weighted by molar-refractivity contribution is 5.48. The van der Waals surface area contributed by atoms with Crippen molar-refractivity contribution in [3.05, 3.63) is 41.2 Å². The molecule has 0 amide bonds. The number of aryl methyl sites for hydroxylation is 2. The fourth-order valence-corrected chi connectivity index (χ4v) is 1.57. The third kappa shape index (κ3) is 2.41. The van der Waals surface area contributed by atoms with Crippen molar-refractivity contribution in [2.75, 3.05) is 5.43 Å². The van der Waals surface area contributed by atoms with Crippen LogP contribution in [0.25, 0.3) is 0 Å². The zero-order chi connectivity index (χ0) is 13.1. The second kappa shape index (κ2) is 5.01. The second-order valence-corrected chi connectivity index (χ2v) is 4.14. The molecule has 5 heteroatoms. The lowest BCUT2D eigenvalue weighted by Crippen LogP contribution is -2.11. The molecule has 0 fully saturated rings. The zero-order valence-electron chi connectivity index (χ0n) is 10.7. The number of rotatable bonds is 3. The summed E-state index contributed by atoms with van der Waals surface area (Å²) in [5, 5.41) is 0. The van der Waals surface area contributed by atoms with Gasteiger partial charge in [0.05, 0.1) is 5.56 Å². The molecule has 0 aliphatic rings. The largest absolute Gasteiger partial charge is 0.439 e. The van der Waals surface area contributed by atoms with Gasteiger partial charge in [0.1, 0.15) is 17.9 Å². The molecule has 3 N–H and O–H groups in total. The molecule has 0 bridgehead atoms. The van der Waals surface area contributed by atoms with E-state index in [-0.39, 0.29) is 0 Å². The Kier molecular flexibility index (Phi) is 3.43. The molecule has 1 aromatic heterocycles. The van der Waals surface area contributed by atoms with Crippen molar-refractivity contribution in [1.29, 1.82) is 0 Å². The van der Waals surface area contributed by atoms with E-state index in [4.69, 9.17) is 10.6 Å². The Labute approximate surface area is 106 Å². The van der Waals surface area contributed by atoms with Gasteiger partial charge in [0.15, 0.2) is 0 Å². The summed E-state index contributed by atoms with van der Waals surface area (Å²) in [5.41, 5.74) is 5.69. The summed E-state index contributed by atoms with van der Waals surface area (Å²) in [4.78, 5) is 8.11. The van der Waals surface area contributed by atoms with Crippen molar-refractivity contribution in [2.24, 2.45) is 5.84 Å². The lowest BCUT2D eigenvalue weighted by molar-refractivity contribution is 0.457. The van der Waals surface area contributed by atoms with E-state index in [1.165, 1.54) is 17.5 Å². The van der Waals surface area contributed by atoms with Gasteiger partial charge in [0.25, 0.3) is 0 Å². The lowest BCUT2D eigenvalue weighted by Gasteiger charge is -2.10. The minimum atomic E-state index is 0.501. The minimum Gasteiger partial charge on any atom is -0.439 e. The highest BCUT2D eigenvalue weighted by atomic mass is 16.5. The molecule has 2 rings (SSSR count). The summed E-state index contributed by atoms with van der Waals surface area (Å²) in [7, 11) is 0. The predicted molar refractivity (Wildman–Crippen MR) is 70.6 cm³/mol. The maximum Gasteiger partial charge on any atom is 0.227 e. The van der Waals surface area contributed by atoms with Crippen molar-refractivity contribution >= 4 is 5.82 Å². The fourth-order valence-electron chi connectivity index (χ4n) is 1.57. The van der Waals surface area contributed by atoms with Crippen molar-refractivity contribution in [1.82, 2.24) is 9.97 Å². The number of hydrogen-bond donors (Lipinski definition) is 2. The highest BCUT2D eigenvalue weighted by Crippen LogP contribution is 2.26. The molecule has 18 heavy (non-hydrogen) atoms. The molecular weight excluding hydrogens is 228 g/mol. The quantitative estimate of drug-likeness (QED) is 0.641. The predicted octanol–water partition coefficient (Wildman–Crippen LogP) is 2.48. The number of anilines is 1. The Morgan fingerprint density at radius 1 is 1.11 bits per heavy atom. The third-order valence-electron chi connectivity index (χ3n) is 2.87. The molecule has 0 radical (unpaired) electrons. The van der Waals surface area contributed by atoms with Crippen LogP contribution in [0.2, 0.25) is 0 Å². The van der Waals surface area contributed by atoms with Gasteiger partial charge in [-0.25, -0.2) is 15.8 Å². The van der Waals surface area contributed by atoms with Gasteiger partial charge in [0, 0.05) is 0 Å². The van der Waals surface area contributed by atoms with Gasteiger partial charge in [-0.3, -0.25) is 0 Å². The zero-order valence-corrected chi connectivity index (χ0v) is 10.7. The first-order valence-electron chi connectivity index (χ1n) is 5.65. The van der Waals surface area contributed by atoms with Crippen LogP contribution in [0.15, 0.2) is 24.5 Å². The summed E-state index contributed by atoms with van der Waals surface area (Å²) in [6.07, 6.45) is 1.42. The van der Waals surface area contributed by atoms with Crippen LogP contribution in [0, 0.1) is 20.8 Å². The number of benzene rings is 1. The van der Waals surface area contributed by atoms with Crippen molar-refractivity contribution in [2.45, 2.75) is 20.8 Å². The molecule has 1 heterocycles. The van der Waals surface area contributed by atoms with Gasteiger partial charge in [-0.1, -0.05) is 6.07 Å². The van der Waals surface area contributed by atoms with E-state index in [0.717, 1.165) is 11.3 Å². The molecule has 0 saturated heterocycles. The number of ether oxygens (including phenoxy) is 1. The first-order chi connectivity index (χ1) is 8.61. The van der Waals surface area contributed by atoms with E-state index in [9.17, 15) is 0 Å². The van der Waals surface area contributed by atoms with Gasteiger partial charge in [-0.2, -0.15) is 0 Å². The summed E-state index contributed by atoms with van der Waals surface area (Å²) < 4.78 is 5.74. The monoisotopic (exact) mass is 244 g/mol. The van der Waals surface area contributed by atoms with Crippen molar-refractivity contribution in [3.63, 3.8) is 0 Å². The van der Waals surface area contributed by atoms with Crippen molar-refractivity contribution in [3.8, 4) is 11.6 Å². The van der Waals surface area contributed by atoms with Crippen LogP contribution in [0.1, 0.15) is 16.7 Å². The smallest absolute Gasteiger partial charge is 0.227 e. The van der Waals surface area contributed by atoms with E-state index in [2.05, 4.69) is 22.3 Å². The third-order valence-corrected chi connectivity index (χ3v) is 2.87. The number of hydrogen-bond acceptors (Lipinski definition) is 5. The summed E-state index contributed by atoms with van der Waals surface area (Å²) in [5.74, 6) is 7.17. The maximum atomic E-state index is 5.74. The van der Waals surface area contributed by atoms with Crippen LogP contribution in [0.3, 0.4) is 0 Å². The van der Waals surface area contributed by atoms with Crippen LogP contribution in [-0.2, 0) is 0 Å². The topological polar surface area (TPSA) is 73.1 Å². The standard InChI is InChI=1S/C13H16N4O/c1-8-4-5-11(6-9(8)2)18-13-10(3)12(17-14)15-7-16-13/h4-7H,14H2,1-3H3,(H,15,16,17). The molecule has 94 valence electrons. The van der Waals surface area contributed by atoms with Gasteiger partial charge >= 0.3 is 0 Å². The minimum absolute atomic E-state index is 0.501. The van der Waals surface area contributed by atoms with E-state index in [1.54, 1.807) is 0 Å². The lowest BCUT2D eigenvalue weighted by atomic mass is 10.1. The maximum absolute atomic E-state index is 5.74. The molecule has 5 nitrogen and oxygen atoms in total. The Bertz CT molecular complexity index is 569. The first-order valence-corrected chi connectivity index (χ1v) is 5.65. The Hall–Kier alpha value is -2.14. The number of nitrogen functional groups attached to an aromatic ring is 1. The van der Waals surface area contributed by atoms with E-state index in [0.29, 0.717) is 11.7 Å². The summed E-state index contributed by atoms with van der Waals surface area (Å²) >= 11 is 0.